The summed E-state index contributed by atoms with van der Waals surface area (Å²) in [6.07, 6.45) is 8.81. The molecule has 3 N–H and O–H groups in total. The molecule has 0 saturated heterocycles. The number of carboxylic acids is 1. The molecule has 0 aliphatic carbocycles. The summed E-state index contributed by atoms with van der Waals surface area (Å²) in [7, 11) is 0. The summed E-state index contributed by atoms with van der Waals surface area (Å²) in [6, 6.07) is 6.67. The molecule has 0 saturated carbocycles. The Morgan fingerprint density at radius 1 is 1.05 bits per heavy atom. The van der Waals surface area contributed by atoms with Crippen molar-refractivity contribution in [2.45, 2.75) is 125 Å². The maximum atomic E-state index is 13.4. The van der Waals surface area contributed by atoms with Crippen LogP contribution in [0.2, 0.25) is 0 Å². The van der Waals surface area contributed by atoms with Gasteiger partial charge in [0.05, 0.1) is 5.41 Å². The number of unbranched alkanes of at least 4 members (excludes halogenated alkanes) is 4. The lowest BCUT2D eigenvalue weighted by atomic mass is 9.80. The number of phenols is 1. The fraction of sp³-hybridized carbons (Fsp3) is 0.657. The van der Waals surface area contributed by atoms with Crippen LogP contribution in [-0.2, 0) is 25.5 Å². The van der Waals surface area contributed by atoms with Gasteiger partial charge in [-0.3, -0.25) is 19.8 Å². The largest absolute Gasteiger partial charge is 0.508 e. The van der Waals surface area contributed by atoms with Gasteiger partial charge in [0.2, 0.25) is 5.91 Å². The summed E-state index contributed by atoms with van der Waals surface area (Å²) in [6.45, 7) is 13.7. The van der Waals surface area contributed by atoms with Crippen molar-refractivity contribution >= 4 is 34.7 Å². The lowest BCUT2D eigenvalue weighted by Crippen LogP contribution is -2.46. The molecule has 3 unspecified atom stereocenters. The molecule has 1 aromatic rings. The third-order valence-corrected chi connectivity index (χ3v) is 8.68. The lowest BCUT2D eigenvalue weighted by Gasteiger charge is -2.37. The molecule has 0 aliphatic heterocycles. The van der Waals surface area contributed by atoms with Gasteiger partial charge in [0.25, 0.3) is 0 Å². The molecule has 9 heteroatoms. The number of nitrogens with zero attached hydrogens (tertiary/aromatic N) is 1. The van der Waals surface area contributed by atoms with Crippen molar-refractivity contribution in [3.8, 4) is 5.75 Å². The highest BCUT2D eigenvalue weighted by atomic mass is 32.2. The van der Waals surface area contributed by atoms with E-state index in [1.807, 2.05) is 23.1 Å². The van der Waals surface area contributed by atoms with Crippen LogP contribution in [0.1, 0.15) is 112 Å². The molecular weight excluding hydrogens is 576 g/mol. The number of carbonyl (C=O) groups excluding carboxylic acids is 2. The summed E-state index contributed by atoms with van der Waals surface area (Å²) >= 11 is 1.15. The Morgan fingerprint density at radius 2 is 1.68 bits per heavy atom. The number of thioether (sulfide) groups is 1. The van der Waals surface area contributed by atoms with E-state index in [1.54, 1.807) is 31.4 Å². The zero-order valence-corrected chi connectivity index (χ0v) is 28.8. The minimum atomic E-state index is -0.959. The first-order valence-corrected chi connectivity index (χ1v) is 17.0. The van der Waals surface area contributed by atoms with Gasteiger partial charge in [0.15, 0.2) is 6.10 Å². The quantitative estimate of drug-likeness (QED) is 0.0539. The highest BCUT2D eigenvalue weighted by Crippen LogP contribution is 2.31. The summed E-state index contributed by atoms with van der Waals surface area (Å²) < 4.78 is 5.67. The van der Waals surface area contributed by atoms with Gasteiger partial charge in [-0.2, -0.15) is 0 Å². The van der Waals surface area contributed by atoms with E-state index >= 15 is 0 Å². The molecule has 0 radical (unpaired) electrons. The molecule has 0 heterocycles. The number of nitrogens with one attached hydrogen (secondary N) is 1. The lowest BCUT2D eigenvalue weighted by molar-refractivity contribution is -0.148. The molecule has 1 amide bonds. The standard InChI is InChI=1S/C35H56N2O6S/c1-8-10-12-13-20-37(32(40)14-11-9-2)30(25(3)4)23-31(43-26(5)38)33(36)44-21-19-28(24-35(6,7)34(41)42)22-27-15-17-29(39)18-16-27/h15-19,21,25,28,30-31,36,39H,8-14,20,22-24H2,1-7H3,(H,41,42)/b21-19+,36-33?. The maximum Gasteiger partial charge on any atom is 0.309 e. The van der Waals surface area contributed by atoms with Gasteiger partial charge < -0.3 is 19.8 Å². The molecular formula is C35H56N2O6S. The van der Waals surface area contributed by atoms with E-state index in [2.05, 4.69) is 27.7 Å². The van der Waals surface area contributed by atoms with Gasteiger partial charge in [-0.15, -0.1) is 0 Å². The normalized spacial score (nSPS) is 13.9. The van der Waals surface area contributed by atoms with Crippen molar-refractivity contribution < 1.29 is 29.3 Å². The SMILES string of the molecule is CCCCCCN(C(=O)CCCC)C(CC(OC(C)=O)C(=N)S/C=C/C(Cc1ccc(O)cc1)CC(C)(C)C(=O)O)C(C)C. The van der Waals surface area contributed by atoms with E-state index in [9.17, 15) is 24.6 Å². The van der Waals surface area contributed by atoms with Crippen LogP contribution >= 0.6 is 11.8 Å². The molecule has 0 bridgehead atoms. The van der Waals surface area contributed by atoms with Crippen LogP contribution in [0.25, 0.3) is 0 Å². The van der Waals surface area contributed by atoms with Gasteiger partial charge in [-0.25, -0.2) is 0 Å². The number of hydrogen-bond acceptors (Lipinski definition) is 7. The zero-order chi connectivity index (χ0) is 33.3. The average Bonchev–Trinajstić information content (AvgIpc) is 2.94. The van der Waals surface area contributed by atoms with E-state index in [0.29, 0.717) is 32.2 Å². The van der Waals surface area contributed by atoms with E-state index in [4.69, 9.17) is 10.1 Å². The number of benzene rings is 1. The Kier molecular flexibility index (Phi) is 18.1. The second-order valence-corrected chi connectivity index (χ2v) is 13.7. The smallest absolute Gasteiger partial charge is 0.309 e. The summed E-state index contributed by atoms with van der Waals surface area (Å²) in [5.74, 6) is -1.13. The van der Waals surface area contributed by atoms with Gasteiger partial charge in [-0.1, -0.05) is 83.3 Å². The number of ether oxygens (including phenoxy) is 1. The van der Waals surface area contributed by atoms with Crippen molar-refractivity contribution in [1.82, 2.24) is 4.90 Å². The zero-order valence-electron chi connectivity index (χ0n) is 27.9. The number of aromatic hydroxyl groups is 1. The van der Waals surface area contributed by atoms with Crippen LogP contribution < -0.4 is 0 Å². The predicted octanol–water partition coefficient (Wildman–Crippen LogP) is 8.22. The van der Waals surface area contributed by atoms with Crippen LogP contribution in [0.5, 0.6) is 5.75 Å². The third kappa shape index (κ3) is 14.8. The molecule has 1 rings (SSSR count). The fourth-order valence-corrected chi connectivity index (χ4v) is 5.97. The second-order valence-electron chi connectivity index (χ2n) is 12.7. The minimum Gasteiger partial charge on any atom is -0.508 e. The topological polar surface area (TPSA) is 128 Å². The van der Waals surface area contributed by atoms with Gasteiger partial charge in [0.1, 0.15) is 10.8 Å². The van der Waals surface area contributed by atoms with Crippen LogP contribution in [-0.4, -0.2) is 56.7 Å². The van der Waals surface area contributed by atoms with Crippen molar-refractivity contribution in [2.75, 3.05) is 6.54 Å². The highest BCUT2D eigenvalue weighted by molar-refractivity contribution is 8.16. The van der Waals surface area contributed by atoms with Gasteiger partial charge in [0, 0.05) is 32.4 Å². The van der Waals surface area contributed by atoms with Crippen LogP contribution in [0, 0.1) is 22.7 Å². The maximum absolute atomic E-state index is 13.4. The molecule has 0 aromatic heterocycles. The molecule has 1 aromatic carbocycles. The fourth-order valence-electron chi connectivity index (χ4n) is 5.23. The van der Waals surface area contributed by atoms with Gasteiger partial charge >= 0.3 is 11.9 Å². The van der Waals surface area contributed by atoms with Crippen molar-refractivity contribution in [1.29, 1.82) is 5.41 Å². The molecule has 44 heavy (non-hydrogen) atoms. The Balaban J connectivity index is 3.18. The first-order chi connectivity index (χ1) is 20.7. The molecule has 8 nitrogen and oxygen atoms in total. The Morgan fingerprint density at radius 3 is 2.23 bits per heavy atom. The summed E-state index contributed by atoms with van der Waals surface area (Å²) in [5.41, 5.74) is 0.00259. The first kappa shape index (κ1) is 39.2. The number of carbonyl (C=O) groups is 3. The monoisotopic (exact) mass is 632 g/mol. The van der Waals surface area contributed by atoms with E-state index in [0.717, 1.165) is 55.9 Å². The van der Waals surface area contributed by atoms with E-state index in [-0.39, 0.29) is 34.6 Å². The van der Waals surface area contributed by atoms with Crippen molar-refractivity contribution in [3.63, 3.8) is 0 Å². The van der Waals surface area contributed by atoms with E-state index < -0.39 is 23.5 Å². The second kappa shape index (κ2) is 20.3. The Labute approximate surface area is 269 Å². The summed E-state index contributed by atoms with van der Waals surface area (Å²) in [5, 5.41) is 30.2. The Hall–Kier alpha value is -2.81. The van der Waals surface area contributed by atoms with Crippen molar-refractivity contribution in [2.24, 2.45) is 17.3 Å². The number of aliphatic carboxylic acids is 1. The molecule has 0 spiro atoms. The number of hydrogen-bond donors (Lipinski definition) is 3. The molecule has 0 fully saturated rings. The number of amides is 1. The van der Waals surface area contributed by atoms with Crippen molar-refractivity contribution in [3.05, 3.63) is 41.3 Å². The van der Waals surface area contributed by atoms with Crippen LogP contribution in [0.3, 0.4) is 0 Å². The summed E-state index contributed by atoms with van der Waals surface area (Å²) in [4.78, 5) is 39.3. The molecule has 0 aliphatic rings. The number of allylic oxidation sites excluding steroid dienone is 1. The van der Waals surface area contributed by atoms with Crippen LogP contribution in [0.15, 0.2) is 35.7 Å². The molecule has 248 valence electrons. The minimum absolute atomic E-state index is 0.103. The number of rotatable bonds is 21. The third-order valence-electron chi connectivity index (χ3n) is 7.87. The average molecular weight is 633 g/mol. The van der Waals surface area contributed by atoms with E-state index in [1.165, 1.54) is 6.92 Å². The first-order valence-electron chi connectivity index (χ1n) is 16.1. The number of esters is 1. The number of carboxylic acid groups (broad SMARTS) is 1. The Bertz CT molecular complexity index is 1070. The van der Waals surface area contributed by atoms with Gasteiger partial charge in [-0.05, 0) is 74.5 Å². The predicted molar refractivity (Wildman–Crippen MR) is 180 cm³/mol. The molecule has 3 atom stereocenters. The number of phenolic OH excluding ortho intramolecular Hbond substituents is 1. The van der Waals surface area contributed by atoms with Crippen LogP contribution in [0.4, 0.5) is 0 Å². The highest BCUT2D eigenvalue weighted by Gasteiger charge is 2.32.